The molecule has 0 fully saturated rings. The van der Waals surface area contributed by atoms with Crippen LogP contribution in [0.15, 0.2) is 12.2 Å². The number of ether oxygens (including phenoxy) is 1. The van der Waals surface area contributed by atoms with Crippen molar-refractivity contribution in [3.05, 3.63) is 12.2 Å². The van der Waals surface area contributed by atoms with Gasteiger partial charge in [-0.2, -0.15) is 0 Å². The molecule has 0 aliphatic heterocycles. The van der Waals surface area contributed by atoms with E-state index in [1.807, 2.05) is 0 Å². The van der Waals surface area contributed by atoms with Crippen molar-refractivity contribution >= 4 is 5.97 Å². The molecule has 6 nitrogen and oxygen atoms in total. The number of carbonyl (C=O) groups excluding carboxylic acids is 1. The van der Waals surface area contributed by atoms with Gasteiger partial charge in [0.15, 0.2) is 0 Å². The van der Waals surface area contributed by atoms with Crippen LogP contribution in [0.2, 0.25) is 0 Å². The quantitative estimate of drug-likeness (QED) is 0.137. The average molecular weight is 417 g/mol. The summed E-state index contributed by atoms with van der Waals surface area (Å²) >= 11 is 0. The zero-order chi connectivity index (χ0) is 21.8. The Hall–Kier alpha value is -0.950. The largest absolute Gasteiger partial charge is 0.465 e. The highest BCUT2D eigenvalue weighted by Gasteiger charge is 2.29. The third-order valence-corrected chi connectivity index (χ3v) is 5.26. The summed E-state index contributed by atoms with van der Waals surface area (Å²) in [6.07, 6.45) is 16.8. The number of carbonyl (C=O) groups is 1. The molecule has 0 heterocycles. The molecule has 4 N–H and O–H groups in total. The Bertz CT molecular complexity index is 398. The third-order valence-electron chi connectivity index (χ3n) is 5.26. The number of esters is 1. The Morgan fingerprint density at radius 2 is 1.52 bits per heavy atom. The fourth-order valence-corrected chi connectivity index (χ4v) is 2.95. The molecule has 0 amide bonds. The monoisotopic (exact) mass is 416 g/mol. The first-order chi connectivity index (χ1) is 14.0. The number of hydrogen-bond acceptors (Lipinski definition) is 6. The third kappa shape index (κ3) is 15.5. The molecule has 0 spiro atoms. The lowest BCUT2D eigenvalue weighted by Gasteiger charge is -2.26. The smallest absolute Gasteiger partial charge is 0.305 e. The summed E-state index contributed by atoms with van der Waals surface area (Å²) in [5, 5.41) is 37.5. The van der Waals surface area contributed by atoms with Gasteiger partial charge in [-0.3, -0.25) is 4.79 Å². The van der Waals surface area contributed by atoms with Crippen LogP contribution in [0.3, 0.4) is 0 Å². The lowest BCUT2D eigenvalue weighted by molar-refractivity contribution is -0.151. The van der Waals surface area contributed by atoms with Crippen LogP contribution >= 0.6 is 0 Å². The molecular formula is C23H44O6. The van der Waals surface area contributed by atoms with E-state index < -0.39 is 25.2 Å². The first-order valence-electron chi connectivity index (χ1n) is 11.3. The average Bonchev–Trinajstić information content (AvgIpc) is 2.74. The van der Waals surface area contributed by atoms with E-state index in [0.29, 0.717) is 6.42 Å². The van der Waals surface area contributed by atoms with Crippen molar-refractivity contribution in [2.75, 3.05) is 26.4 Å². The van der Waals surface area contributed by atoms with Crippen LogP contribution in [-0.4, -0.2) is 58.9 Å². The van der Waals surface area contributed by atoms with Crippen molar-refractivity contribution in [3.63, 3.8) is 0 Å². The molecule has 1 atom stereocenters. The summed E-state index contributed by atoms with van der Waals surface area (Å²) in [5.41, 5.74) is -1.16. The van der Waals surface area contributed by atoms with Crippen molar-refractivity contribution in [2.45, 2.75) is 96.5 Å². The van der Waals surface area contributed by atoms with Crippen LogP contribution in [0.25, 0.3) is 0 Å². The Morgan fingerprint density at radius 3 is 2.17 bits per heavy atom. The molecule has 6 heteroatoms. The Balaban J connectivity index is 3.55. The molecule has 0 unspecified atom stereocenters. The lowest BCUT2D eigenvalue weighted by atomic mass is 9.93. The molecular weight excluding hydrogens is 372 g/mol. The van der Waals surface area contributed by atoms with E-state index in [0.717, 1.165) is 57.8 Å². The molecule has 29 heavy (non-hydrogen) atoms. The van der Waals surface area contributed by atoms with Crippen molar-refractivity contribution in [1.82, 2.24) is 0 Å². The summed E-state index contributed by atoms with van der Waals surface area (Å²) in [5.74, 6) is -0.360. The van der Waals surface area contributed by atoms with Crippen LogP contribution in [-0.2, 0) is 9.53 Å². The van der Waals surface area contributed by atoms with E-state index in [1.165, 1.54) is 19.3 Å². The van der Waals surface area contributed by atoms with Crippen LogP contribution in [0.4, 0.5) is 0 Å². The van der Waals surface area contributed by atoms with Crippen molar-refractivity contribution in [2.24, 2.45) is 5.41 Å². The number of hydrogen-bond donors (Lipinski definition) is 4. The second-order valence-corrected chi connectivity index (χ2v) is 8.15. The normalized spacial score (nSPS) is 13.1. The number of unbranched alkanes of at least 4 members (excludes halogenated alkanes) is 8. The van der Waals surface area contributed by atoms with Gasteiger partial charge in [-0.15, -0.1) is 0 Å². The van der Waals surface area contributed by atoms with Crippen LogP contribution in [0.1, 0.15) is 90.4 Å². The second kappa shape index (κ2) is 19.0. The van der Waals surface area contributed by atoms with E-state index in [1.54, 1.807) is 0 Å². The minimum atomic E-state index is -1.16. The number of aliphatic hydroxyl groups excluding tert-OH is 4. The summed E-state index contributed by atoms with van der Waals surface area (Å²) in [4.78, 5) is 11.7. The maximum absolute atomic E-state index is 11.7. The predicted molar refractivity (Wildman–Crippen MR) is 115 cm³/mol. The zero-order valence-electron chi connectivity index (χ0n) is 18.4. The Kier molecular flexibility index (Phi) is 18.4. The second-order valence-electron chi connectivity index (χ2n) is 8.15. The Labute approximate surface area is 177 Å². The number of allylic oxidation sites excluding steroid dienone is 1. The molecule has 0 saturated heterocycles. The van der Waals surface area contributed by atoms with Crippen molar-refractivity contribution < 1.29 is 30.0 Å². The summed E-state index contributed by atoms with van der Waals surface area (Å²) in [6.45, 7) is 0.726. The predicted octanol–water partition coefficient (Wildman–Crippen LogP) is 3.50. The minimum Gasteiger partial charge on any atom is -0.465 e. The molecule has 0 rings (SSSR count). The van der Waals surface area contributed by atoms with Gasteiger partial charge in [-0.05, 0) is 32.1 Å². The fraction of sp³-hybridized carbons (Fsp3) is 0.870. The standard InChI is InChI=1S/C23H44O6/c1-2-3-4-11-14-21(27)15-12-9-7-5-6-8-10-13-16-22(28)29-20-23(17-24,18-25)19-26/h9,12,21,24-27H,2-8,10-11,13-20H2,1H3/t21-/m1/s1. The lowest BCUT2D eigenvalue weighted by Crippen LogP contribution is -2.39. The van der Waals surface area contributed by atoms with Gasteiger partial charge < -0.3 is 25.2 Å². The van der Waals surface area contributed by atoms with Gasteiger partial charge in [0, 0.05) is 6.42 Å². The summed E-state index contributed by atoms with van der Waals surface area (Å²) in [7, 11) is 0. The molecule has 0 radical (unpaired) electrons. The minimum absolute atomic E-state index is 0.172. The summed E-state index contributed by atoms with van der Waals surface area (Å²) in [6, 6.07) is 0. The topological polar surface area (TPSA) is 107 Å². The number of aliphatic hydroxyl groups is 4. The first-order valence-corrected chi connectivity index (χ1v) is 11.3. The van der Waals surface area contributed by atoms with E-state index in [-0.39, 0.29) is 18.7 Å². The van der Waals surface area contributed by atoms with Crippen LogP contribution < -0.4 is 0 Å². The van der Waals surface area contributed by atoms with Gasteiger partial charge in [0.2, 0.25) is 0 Å². The molecule has 172 valence electrons. The van der Waals surface area contributed by atoms with Gasteiger partial charge >= 0.3 is 5.97 Å². The molecule has 0 saturated carbocycles. The van der Waals surface area contributed by atoms with Gasteiger partial charge in [0.1, 0.15) is 6.61 Å². The van der Waals surface area contributed by atoms with Crippen LogP contribution in [0, 0.1) is 5.41 Å². The molecule has 0 aromatic heterocycles. The van der Waals surface area contributed by atoms with Crippen molar-refractivity contribution in [1.29, 1.82) is 0 Å². The highest BCUT2D eigenvalue weighted by atomic mass is 16.5. The van der Waals surface area contributed by atoms with Crippen LogP contribution in [0.5, 0.6) is 0 Å². The van der Waals surface area contributed by atoms with Gasteiger partial charge in [-0.25, -0.2) is 0 Å². The van der Waals surface area contributed by atoms with E-state index >= 15 is 0 Å². The summed E-state index contributed by atoms with van der Waals surface area (Å²) < 4.78 is 5.06. The van der Waals surface area contributed by atoms with Crippen molar-refractivity contribution in [3.8, 4) is 0 Å². The fourth-order valence-electron chi connectivity index (χ4n) is 2.95. The van der Waals surface area contributed by atoms with E-state index in [2.05, 4.69) is 19.1 Å². The number of rotatable bonds is 20. The molecule has 0 bridgehead atoms. The first kappa shape index (κ1) is 28.1. The highest BCUT2D eigenvalue weighted by molar-refractivity contribution is 5.69. The maximum Gasteiger partial charge on any atom is 0.305 e. The van der Waals surface area contributed by atoms with Gasteiger partial charge in [-0.1, -0.05) is 64.0 Å². The Morgan fingerprint density at radius 1 is 0.897 bits per heavy atom. The zero-order valence-corrected chi connectivity index (χ0v) is 18.4. The van der Waals surface area contributed by atoms with E-state index in [4.69, 9.17) is 4.74 Å². The molecule has 0 aromatic rings. The maximum atomic E-state index is 11.7. The molecule has 0 aliphatic carbocycles. The molecule has 0 aromatic carbocycles. The van der Waals surface area contributed by atoms with Gasteiger partial charge in [0.05, 0.1) is 31.3 Å². The SMILES string of the molecule is CCCCCC[C@@H](O)CC=CCCCCCCCC(=O)OCC(CO)(CO)CO. The van der Waals surface area contributed by atoms with Gasteiger partial charge in [0.25, 0.3) is 0 Å². The highest BCUT2D eigenvalue weighted by Crippen LogP contribution is 2.16. The molecule has 0 aliphatic rings. The van der Waals surface area contributed by atoms with E-state index in [9.17, 15) is 25.2 Å².